The van der Waals surface area contributed by atoms with E-state index in [-0.39, 0.29) is 19.0 Å². The Morgan fingerprint density at radius 3 is 2.50 bits per heavy atom. The molecule has 90 valence electrons. The van der Waals surface area contributed by atoms with Gasteiger partial charge in [0.05, 0.1) is 19.3 Å². The molecule has 2 atom stereocenters. The fraction of sp³-hybridized carbons (Fsp3) is 0.455. The van der Waals surface area contributed by atoms with Gasteiger partial charge in [0.2, 0.25) is 0 Å². The van der Waals surface area contributed by atoms with Gasteiger partial charge in [-0.15, -0.1) is 0 Å². The molecule has 0 saturated carbocycles. The molecule has 0 heterocycles. The lowest BCUT2D eigenvalue weighted by Gasteiger charge is -2.22. The number of aliphatic hydroxyl groups excluding tert-OH is 1. The molecule has 0 amide bonds. The van der Waals surface area contributed by atoms with E-state index in [0.29, 0.717) is 5.75 Å². The molecule has 0 bridgehead atoms. The van der Waals surface area contributed by atoms with Crippen molar-refractivity contribution in [2.45, 2.75) is 12.1 Å². The number of nitrogens with two attached hydrogens (primary N) is 1. The van der Waals surface area contributed by atoms with Crippen LogP contribution in [-0.2, 0) is 4.74 Å². The molecule has 0 fully saturated rings. The third-order valence-corrected chi connectivity index (χ3v) is 2.12. The van der Waals surface area contributed by atoms with Crippen LogP contribution in [0, 0.1) is 5.82 Å². The number of hydrogen-bond donors (Lipinski definition) is 2. The Labute approximate surface area is 93.8 Å². The highest BCUT2D eigenvalue weighted by molar-refractivity contribution is 5.22. The summed E-state index contributed by atoms with van der Waals surface area (Å²) < 4.78 is 22.9. The Morgan fingerprint density at radius 1 is 1.38 bits per heavy atom. The van der Waals surface area contributed by atoms with Crippen LogP contribution in [0.2, 0.25) is 0 Å². The van der Waals surface area contributed by atoms with E-state index in [0.717, 1.165) is 0 Å². The van der Waals surface area contributed by atoms with E-state index in [1.165, 1.54) is 31.4 Å². The summed E-state index contributed by atoms with van der Waals surface area (Å²) in [6, 6.07) is 5.10. The largest absolute Gasteiger partial charge is 0.486 e. The van der Waals surface area contributed by atoms with Crippen LogP contribution in [0.1, 0.15) is 0 Å². The third kappa shape index (κ3) is 3.77. The van der Waals surface area contributed by atoms with Crippen LogP contribution in [-0.4, -0.2) is 37.6 Å². The van der Waals surface area contributed by atoms with Gasteiger partial charge in [0, 0.05) is 7.11 Å². The van der Waals surface area contributed by atoms with Gasteiger partial charge in [0.25, 0.3) is 0 Å². The molecule has 0 radical (unpaired) electrons. The van der Waals surface area contributed by atoms with Crippen molar-refractivity contribution < 1.29 is 19.0 Å². The molecule has 0 aliphatic rings. The molecule has 0 saturated heterocycles. The summed E-state index contributed by atoms with van der Waals surface area (Å²) in [6.45, 7) is 0.0638. The van der Waals surface area contributed by atoms with Crippen LogP contribution in [0.3, 0.4) is 0 Å². The number of methoxy groups -OCH3 is 1. The van der Waals surface area contributed by atoms with Crippen molar-refractivity contribution >= 4 is 0 Å². The van der Waals surface area contributed by atoms with Gasteiger partial charge in [-0.25, -0.2) is 4.39 Å². The van der Waals surface area contributed by atoms with E-state index in [2.05, 4.69) is 0 Å². The van der Waals surface area contributed by atoms with Gasteiger partial charge in [-0.05, 0) is 24.3 Å². The Kier molecular flexibility index (Phi) is 5.18. The van der Waals surface area contributed by atoms with Gasteiger partial charge in [-0.3, -0.25) is 0 Å². The van der Waals surface area contributed by atoms with E-state index in [1.807, 2.05) is 0 Å². The molecule has 1 aromatic rings. The minimum absolute atomic E-state index is 0.220. The summed E-state index contributed by atoms with van der Waals surface area (Å²) in [5.41, 5.74) is 5.73. The van der Waals surface area contributed by atoms with Crippen LogP contribution in [0.4, 0.5) is 4.39 Å². The predicted molar refractivity (Wildman–Crippen MR) is 57.8 cm³/mol. The Hall–Kier alpha value is -1.17. The predicted octanol–water partition coefficient (Wildman–Crippen LogP) is 0.539. The lowest BCUT2D eigenvalue weighted by atomic mass is 10.2. The van der Waals surface area contributed by atoms with Gasteiger partial charge < -0.3 is 20.3 Å². The summed E-state index contributed by atoms with van der Waals surface area (Å²) in [5.74, 6) is 0.126. The minimum atomic E-state index is -0.564. The van der Waals surface area contributed by atoms with E-state index in [1.54, 1.807) is 0 Å². The Morgan fingerprint density at radius 2 is 2.00 bits per heavy atom. The first kappa shape index (κ1) is 12.9. The van der Waals surface area contributed by atoms with Gasteiger partial charge in [0.1, 0.15) is 17.7 Å². The van der Waals surface area contributed by atoms with Crippen molar-refractivity contribution in [3.05, 3.63) is 30.1 Å². The zero-order valence-electron chi connectivity index (χ0n) is 9.10. The molecule has 1 aromatic carbocycles. The average molecular weight is 229 g/mol. The van der Waals surface area contributed by atoms with Crippen molar-refractivity contribution in [2.75, 3.05) is 20.3 Å². The Bertz CT molecular complexity index is 305. The fourth-order valence-corrected chi connectivity index (χ4v) is 1.25. The molecule has 2 unspecified atom stereocenters. The highest BCUT2D eigenvalue weighted by atomic mass is 19.1. The number of rotatable bonds is 6. The lowest BCUT2D eigenvalue weighted by Crippen LogP contribution is -2.44. The monoisotopic (exact) mass is 229 g/mol. The Balaban J connectivity index is 2.59. The lowest BCUT2D eigenvalue weighted by molar-refractivity contribution is 0.0604. The van der Waals surface area contributed by atoms with Crippen LogP contribution >= 0.6 is 0 Å². The number of ether oxygens (including phenoxy) is 2. The molecule has 3 N–H and O–H groups in total. The molecular weight excluding hydrogens is 213 g/mol. The highest BCUT2D eigenvalue weighted by Crippen LogP contribution is 2.13. The first-order valence-corrected chi connectivity index (χ1v) is 4.95. The second kappa shape index (κ2) is 6.42. The second-order valence-electron chi connectivity index (χ2n) is 3.41. The maximum Gasteiger partial charge on any atom is 0.139 e. The first-order chi connectivity index (χ1) is 7.67. The third-order valence-electron chi connectivity index (χ3n) is 2.12. The van der Waals surface area contributed by atoms with Crippen LogP contribution in [0.25, 0.3) is 0 Å². The highest BCUT2D eigenvalue weighted by Gasteiger charge is 2.18. The molecule has 1 rings (SSSR count). The van der Waals surface area contributed by atoms with Gasteiger partial charge in [-0.1, -0.05) is 0 Å². The summed E-state index contributed by atoms with van der Waals surface area (Å²) in [7, 11) is 1.52. The first-order valence-electron chi connectivity index (χ1n) is 4.95. The summed E-state index contributed by atoms with van der Waals surface area (Å²) in [5, 5.41) is 9.10. The zero-order chi connectivity index (χ0) is 12.0. The van der Waals surface area contributed by atoms with Gasteiger partial charge in [-0.2, -0.15) is 0 Å². The standard InChI is InChI=1S/C11H16FNO3/c1-15-7-10(13)11(6-14)16-9-4-2-8(12)3-5-9/h2-5,10-11,14H,6-7,13H2,1H3. The molecule has 0 spiro atoms. The van der Waals surface area contributed by atoms with E-state index >= 15 is 0 Å². The molecule has 16 heavy (non-hydrogen) atoms. The number of aliphatic hydroxyl groups is 1. The van der Waals surface area contributed by atoms with E-state index in [4.69, 9.17) is 20.3 Å². The van der Waals surface area contributed by atoms with Crippen molar-refractivity contribution in [1.82, 2.24) is 0 Å². The van der Waals surface area contributed by atoms with Crippen molar-refractivity contribution in [2.24, 2.45) is 5.73 Å². The molecular formula is C11H16FNO3. The van der Waals surface area contributed by atoms with Crippen LogP contribution < -0.4 is 10.5 Å². The number of hydrogen-bond acceptors (Lipinski definition) is 4. The van der Waals surface area contributed by atoms with Crippen molar-refractivity contribution in [3.63, 3.8) is 0 Å². The summed E-state index contributed by atoms with van der Waals surface area (Å²) in [6.07, 6.45) is -0.564. The second-order valence-corrected chi connectivity index (χ2v) is 3.41. The maximum atomic E-state index is 12.6. The van der Waals surface area contributed by atoms with Crippen LogP contribution in [0.15, 0.2) is 24.3 Å². The summed E-state index contributed by atoms with van der Waals surface area (Å²) in [4.78, 5) is 0. The fourth-order valence-electron chi connectivity index (χ4n) is 1.25. The molecule has 0 aliphatic carbocycles. The van der Waals surface area contributed by atoms with E-state index in [9.17, 15) is 4.39 Å². The smallest absolute Gasteiger partial charge is 0.139 e. The molecule has 0 aliphatic heterocycles. The maximum absolute atomic E-state index is 12.6. The summed E-state index contributed by atoms with van der Waals surface area (Å²) >= 11 is 0. The number of halogens is 1. The van der Waals surface area contributed by atoms with Crippen molar-refractivity contribution in [1.29, 1.82) is 0 Å². The van der Waals surface area contributed by atoms with Crippen molar-refractivity contribution in [3.8, 4) is 5.75 Å². The van der Waals surface area contributed by atoms with E-state index < -0.39 is 12.1 Å². The molecule has 5 heteroatoms. The number of benzene rings is 1. The zero-order valence-corrected chi connectivity index (χ0v) is 9.10. The van der Waals surface area contributed by atoms with Crippen LogP contribution in [0.5, 0.6) is 5.75 Å². The SMILES string of the molecule is COCC(N)C(CO)Oc1ccc(F)cc1. The minimum Gasteiger partial charge on any atom is -0.486 e. The quantitative estimate of drug-likeness (QED) is 0.747. The normalized spacial score (nSPS) is 14.5. The molecule has 0 aromatic heterocycles. The topological polar surface area (TPSA) is 64.7 Å². The van der Waals surface area contributed by atoms with Gasteiger partial charge in [0.15, 0.2) is 0 Å². The average Bonchev–Trinajstić information content (AvgIpc) is 2.28. The van der Waals surface area contributed by atoms with Gasteiger partial charge >= 0.3 is 0 Å². The molecule has 4 nitrogen and oxygen atoms in total.